The van der Waals surface area contributed by atoms with Gasteiger partial charge in [-0.2, -0.15) is 0 Å². The largest absolute Gasteiger partial charge is 0.547 e. The number of carbonyl (C=O) groups is 3. The predicted molar refractivity (Wildman–Crippen MR) is 187 cm³/mol. The average Bonchev–Trinajstić information content (AvgIpc) is 3.16. The number of ketones is 1. The Balaban J connectivity index is 0.000000254. The second-order valence-electron chi connectivity index (χ2n) is 13.2. The molecule has 46 heavy (non-hydrogen) atoms. The summed E-state index contributed by atoms with van der Waals surface area (Å²) in [6.07, 6.45) is 10.7. The summed E-state index contributed by atoms with van der Waals surface area (Å²) in [4.78, 5) is 37.4. The number of Topliss-reactive ketones (excluding diaryl/α,β-unsaturated/α-hetero) is 1. The molecule has 0 aromatic heterocycles. The number of hydrogen-bond donors (Lipinski definition) is 0. The Morgan fingerprint density at radius 2 is 1.26 bits per heavy atom. The van der Waals surface area contributed by atoms with Gasteiger partial charge in [-0.3, -0.25) is 9.59 Å². The Bertz CT molecular complexity index is 1400. The second kappa shape index (κ2) is 17.8. The van der Waals surface area contributed by atoms with E-state index in [0.29, 0.717) is 18.4 Å². The number of methoxy groups -OCH3 is 2. The molecule has 2 aliphatic rings. The van der Waals surface area contributed by atoms with E-state index >= 15 is 0 Å². The van der Waals surface area contributed by atoms with Crippen LogP contribution in [-0.2, 0) is 28.3 Å². The third kappa shape index (κ3) is 11.0. The SMILES string of the molecule is COC(=O)/C1=C(\O[Si](C)(C)C)CC/C=C(\C)CC[C@@H]1c1ccccc1.COC(=O)[C@H]1C(=O)CC/C=C(\C)CC[C@@H]1c1ccccc1. The van der Waals surface area contributed by atoms with Gasteiger partial charge in [-0.05, 0) is 83.1 Å². The highest BCUT2D eigenvalue weighted by atomic mass is 28.4. The van der Waals surface area contributed by atoms with Crippen molar-refractivity contribution < 1.29 is 28.3 Å². The Labute approximate surface area is 277 Å². The zero-order valence-corrected chi connectivity index (χ0v) is 29.8. The summed E-state index contributed by atoms with van der Waals surface area (Å²) in [6, 6.07) is 20.1. The second-order valence-corrected chi connectivity index (χ2v) is 17.7. The molecule has 0 heterocycles. The number of ether oxygens (including phenoxy) is 2. The standard InChI is InChI=1S/C21H30O3Si.C18H22O3/c1-16-10-9-13-19(24-25(3,4)5)20(21(22)23-2)18(15-14-16)17-11-7-6-8-12-17;1-13-7-6-10-16(19)17(18(20)21-2)15(12-11-13)14-8-4-3-5-9-14/h6-8,10-12,18H,9,13-15H2,1-5H3;3-5,7-9,15,17H,6,10-12H2,1-2H3/b16-10+,20-19-;13-7+/t18-;15-,17-/m11/s1. The number of esters is 2. The van der Waals surface area contributed by atoms with Crippen LogP contribution in [0.3, 0.4) is 0 Å². The Kier molecular flexibility index (Phi) is 14.3. The average molecular weight is 645 g/mol. The lowest BCUT2D eigenvalue weighted by molar-refractivity contribution is -0.150. The van der Waals surface area contributed by atoms with E-state index in [1.54, 1.807) is 0 Å². The van der Waals surface area contributed by atoms with E-state index in [4.69, 9.17) is 13.9 Å². The number of hydrogen-bond acceptors (Lipinski definition) is 6. The minimum absolute atomic E-state index is 0.00134. The molecule has 2 aromatic carbocycles. The van der Waals surface area contributed by atoms with Gasteiger partial charge in [0.15, 0.2) is 0 Å². The maximum atomic E-state index is 12.7. The van der Waals surface area contributed by atoms with Gasteiger partial charge in [-0.1, -0.05) is 84.0 Å². The molecule has 0 radical (unpaired) electrons. The maximum Gasteiger partial charge on any atom is 0.337 e. The first-order valence-electron chi connectivity index (χ1n) is 16.5. The van der Waals surface area contributed by atoms with Gasteiger partial charge in [-0.25, -0.2) is 4.79 Å². The van der Waals surface area contributed by atoms with Crippen LogP contribution in [-0.4, -0.2) is 40.3 Å². The highest BCUT2D eigenvalue weighted by Crippen LogP contribution is 2.37. The number of rotatable bonds is 6. The molecule has 0 spiro atoms. The third-order valence-electron chi connectivity index (χ3n) is 8.54. The third-order valence-corrected chi connectivity index (χ3v) is 9.40. The topological polar surface area (TPSA) is 78.9 Å². The molecule has 3 atom stereocenters. The van der Waals surface area contributed by atoms with E-state index in [-0.39, 0.29) is 23.6 Å². The van der Waals surface area contributed by atoms with Crippen LogP contribution in [0.2, 0.25) is 19.6 Å². The molecule has 0 bridgehead atoms. The Morgan fingerprint density at radius 3 is 1.80 bits per heavy atom. The normalized spacial score (nSPS) is 25.1. The molecule has 2 aromatic rings. The number of carbonyl (C=O) groups excluding carboxylic acids is 3. The summed E-state index contributed by atoms with van der Waals surface area (Å²) >= 11 is 0. The van der Waals surface area contributed by atoms with E-state index in [0.717, 1.165) is 55.4 Å². The molecule has 4 rings (SSSR count). The highest BCUT2D eigenvalue weighted by Gasteiger charge is 2.36. The van der Waals surface area contributed by atoms with Crippen LogP contribution < -0.4 is 0 Å². The van der Waals surface area contributed by atoms with Crippen molar-refractivity contribution in [2.75, 3.05) is 14.2 Å². The lowest BCUT2D eigenvalue weighted by Crippen LogP contribution is -2.31. The smallest absolute Gasteiger partial charge is 0.337 e. The van der Waals surface area contributed by atoms with Crippen LogP contribution in [0.1, 0.15) is 88.2 Å². The summed E-state index contributed by atoms with van der Waals surface area (Å²) in [6.45, 7) is 10.7. The van der Waals surface area contributed by atoms with E-state index < -0.39 is 20.2 Å². The molecule has 0 amide bonds. The van der Waals surface area contributed by atoms with Crippen molar-refractivity contribution >= 4 is 26.0 Å². The van der Waals surface area contributed by atoms with Gasteiger partial charge in [0.05, 0.1) is 25.6 Å². The Morgan fingerprint density at radius 1 is 0.717 bits per heavy atom. The van der Waals surface area contributed by atoms with Crippen LogP contribution >= 0.6 is 0 Å². The van der Waals surface area contributed by atoms with Crippen molar-refractivity contribution in [3.8, 4) is 0 Å². The van der Waals surface area contributed by atoms with Crippen molar-refractivity contribution in [1.29, 1.82) is 0 Å². The van der Waals surface area contributed by atoms with Crippen LogP contribution in [0, 0.1) is 5.92 Å². The molecule has 0 saturated heterocycles. The van der Waals surface area contributed by atoms with E-state index in [9.17, 15) is 14.4 Å². The van der Waals surface area contributed by atoms with Gasteiger partial charge in [0.25, 0.3) is 0 Å². The molecule has 0 aliphatic heterocycles. The fourth-order valence-electron chi connectivity index (χ4n) is 6.23. The van der Waals surface area contributed by atoms with Crippen LogP contribution in [0.25, 0.3) is 0 Å². The first kappa shape index (κ1) is 36.8. The lowest BCUT2D eigenvalue weighted by Gasteiger charge is -2.27. The van der Waals surface area contributed by atoms with Gasteiger partial charge in [0.1, 0.15) is 11.7 Å². The first-order chi connectivity index (χ1) is 21.9. The van der Waals surface area contributed by atoms with Gasteiger partial charge < -0.3 is 13.9 Å². The minimum atomic E-state index is -1.83. The van der Waals surface area contributed by atoms with Crippen molar-refractivity contribution in [2.24, 2.45) is 5.92 Å². The summed E-state index contributed by atoms with van der Waals surface area (Å²) in [5.74, 6) is -0.645. The summed E-state index contributed by atoms with van der Waals surface area (Å²) in [5.41, 5.74) is 5.55. The van der Waals surface area contributed by atoms with Gasteiger partial charge in [0, 0.05) is 24.7 Å². The van der Waals surface area contributed by atoms with Gasteiger partial charge >= 0.3 is 11.9 Å². The Hall–Kier alpha value is -3.71. The van der Waals surface area contributed by atoms with E-state index in [2.05, 4.69) is 57.8 Å². The van der Waals surface area contributed by atoms with E-state index in [1.165, 1.54) is 25.4 Å². The van der Waals surface area contributed by atoms with E-state index in [1.807, 2.05) is 48.5 Å². The van der Waals surface area contributed by atoms with Crippen molar-refractivity contribution in [3.05, 3.63) is 106 Å². The molecule has 0 unspecified atom stereocenters. The molecule has 0 fully saturated rings. The van der Waals surface area contributed by atoms with Crippen LogP contribution in [0.15, 0.2) is 95.3 Å². The van der Waals surface area contributed by atoms with Crippen molar-refractivity contribution in [2.45, 2.75) is 96.7 Å². The number of benzene rings is 2. The molecule has 7 heteroatoms. The molecule has 0 N–H and O–H groups in total. The first-order valence-corrected chi connectivity index (χ1v) is 19.9. The fourth-order valence-corrected chi connectivity index (χ4v) is 7.18. The summed E-state index contributed by atoms with van der Waals surface area (Å²) in [5, 5.41) is 0. The molecule has 2 aliphatic carbocycles. The summed E-state index contributed by atoms with van der Waals surface area (Å²) in [7, 11) is 0.979. The monoisotopic (exact) mass is 644 g/mol. The molecular weight excluding hydrogens is 593 g/mol. The van der Waals surface area contributed by atoms with Crippen molar-refractivity contribution in [1.82, 2.24) is 0 Å². The zero-order chi connectivity index (χ0) is 33.7. The predicted octanol–water partition coefficient (Wildman–Crippen LogP) is 9.22. The quantitative estimate of drug-likeness (QED) is 0.135. The van der Waals surface area contributed by atoms with Gasteiger partial charge in [0.2, 0.25) is 8.32 Å². The number of allylic oxidation sites excluding steroid dienone is 5. The highest BCUT2D eigenvalue weighted by molar-refractivity contribution is 6.70. The fraction of sp³-hybridized carbons (Fsp3) is 0.462. The molecule has 248 valence electrons. The molecule has 6 nitrogen and oxygen atoms in total. The van der Waals surface area contributed by atoms with Gasteiger partial charge in [-0.15, -0.1) is 0 Å². The molecule has 0 saturated carbocycles. The lowest BCUT2D eigenvalue weighted by atomic mass is 9.79. The molecular formula is C39H52O6Si. The maximum absolute atomic E-state index is 12.7. The summed E-state index contributed by atoms with van der Waals surface area (Å²) < 4.78 is 16.5. The zero-order valence-electron chi connectivity index (χ0n) is 28.8. The van der Waals surface area contributed by atoms with Crippen LogP contribution in [0.5, 0.6) is 0 Å². The van der Waals surface area contributed by atoms with Crippen molar-refractivity contribution in [3.63, 3.8) is 0 Å². The van der Waals surface area contributed by atoms with Crippen LogP contribution in [0.4, 0.5) is 0 Å². The minimum Gasteiger partial charge on any atom is -0.547 e.